The van der Waals surface area contributed by atoms with Crippen molar-refractivity contribution < 1.29 is 14.7 Å². The van der Waals surface area contributed by atoms with Crippen molar-refractivity contribution in [1.29, 1.82) is 0 Å². The summed E-state index contributed by atoms with van der Waals surface area (Å²) in [5.74, 6) is -0.356. The Morgan fingerprint density at radius 2 is 2.10 bits per heavy atom. The van der Waals surface area contributed by atoms with E-state index >= 15 is 0 Å². The molecule has 2 amide bonds. The van der Waals surface area contributed by atoms with Crippen LogP contribution in [-0.2, 0) is 9.59 Å². The van der Waals surface area contributed by atoms with Crippen molar-refractivity contribution in [2.45, 2.75) is 38.0 Å². The molecule has 5 nitrogen and oxygen atoms in total. The maximum absolute atomic E-state index is 11.9. The Balaban J connectivity index is 1.93. The van der Waals surface area contributed by atoms with Gasteiger partial charge in [0.2, 0.25) is 11.8 Å². The third kappa shape index (κ3) is 3.58. The molecule has 0 spiro atoms. The second kappa shape index (κ2) is 6.37. The molecule has 108 valence electrons. The van der Waals surface area contributed by atoms with E-state index < -0.39 is 18.2 Å². The fourth-order valence-corrected chi connectivity index (χ4v) is 2.43. The van der Waals surface area contributed by atoms with Crippen molar-refractivity contribution in [1.82, 2.24) is 10.6 Å². The van der Waals surface area contributed by atoms with E-state index in [1.165, 1.54) is 0 Å². The Kier molecular flexibility index (Phi) is 4.77. The van der Waals surface area contributed by atoms with Gasteiger partial charge in [0.25, 0.3) is 0 Å². The van der Waals surface area contributed by atoms with Crippen molar-refractivity contribution >= 4 is 27.7 Å². The van der Waals surface area contributed by atoms with Crippen molar-refractivity contribution in [2.24, 2.45) is 0 Å². The van der Waals surface area contributed by atoms with E-state index in [9.17, 15) is 14.7 Å². The summed E-state index contributed by atoms with van der Waals surface area (Å²) in [6.45, 7) is 1.74. The van der Waals surface area contributed by atoms with Crippen molar-refractivity contribution in [3.63, 3.8) is 0 Å². The number of carbonyl (C=O) groups excluding carboxylic acids is 2. The molecule has 0 aromatic heterocycles. The Morgan fingerprint density at radius 3 is 2.65 bits per heavy atom. The molecular weight excluding hydrogens is 324 g/mol. The molecule has 1 fully saturated rings. The van der Waals surface area contributed by atoms with Crippen LogP contribution in [0.1, 0.15) is 31.4 Å². The van der Waals surface area contributed by atoms with Crippen LogP contribution in [0.15, 0.2) is 28.7 Å². The lowest BCUT2D eigenvalue weighted by molar-refractivity contribution is -0.126. The number of rotatable bonds is 4. The highest BCUT2D eigenvalue weighted by atomic mass is 79.9. The van der Waals surface area contributed by atoms with E-state index in [0.29, 0.717) is 12.8 Å². The Morgan fingerprint density at radius 1 is 1.45 bits per heavy atom. The van der Waals surface area contributed by atoms with Gasteiger partial charge in [0.05, 0.1) is 12.1 Å². The van der Waals surface area contributed by atoms with Gasteiger partial charge in [0, 0.05) is 10.9 Å². The summed E-state index contributed by atoms with van der Waals surface area (Å²) in [6, 6.07) is 6.36. The number of aliphatic hydroxyl groups is 1. The Labute approximate surface area is 125 Å². The molecule has 0 radical (unpaired) electrons. The lowest BCUT2D eigenvalue weighted by atomic mass is 10.0. The normalized spacial score (nSPS) is 21.1. The zero-order valence-corrected chi connectivity index (χ0v) is 12.7. The van der Waals surface area contributed by atoms with Crippen LogP contribution in [0, 0.1) is 0 Å². The quantitative estimate of drug-likeness (QED) is 0.772. The van der Waals surface area contributed by atoms with Crippen molar-refractivity contribution in [3.05, 3.63) is 34.3 Å². The van der Waals surface area contributed by atoms with Gasteiger partial charge in [-0.15, -0.1) is 0 Å². The first-order valence-corrected chi connectivity index (χ1v) is 7.30. The van der Waals surface area contributed by atoms with Crippen LogP contribution in [0.4, 0.5) is 0 Å². The van der Waals surface area contributed by atoms with Gasteiger partial charge in [-0.05, 0) is 31.0 Å². The fourth-order valence-electron chi connectivity index (χ4n) is 2.16. The lowest BCUT2D eigenvalue weighted by Gasteiger charge is -2.22. The number of benzene rings is 1. The second-order valence-corrected chi connectivity index (χ2v) is 5.87. The molecule has 3 N–H and O–H groups in total. The minimum absolute atomic E-state index is 0.105. The van der Waals surface area contributed by atoms with Gasteiger partial charge in [0.1, 0.15) is 6.04 Å². The molecule has 2 rings (SSSR count). The van der Waals surface area contributed by atoms with E-state index in [-0.39, 0.29) is 11.8 Å². The molecule has 0 bridgehead atoms. The molecular formula is C14H17BrN2O3. The van der Waals surface area contributed by atoms with Gasteiger partial charge in [-0.1, -0.05) is 28.1 Å². The largest absolute Gasteiger partial charge is 0.386 e. The Bertz CT molecular complexity index is 504. The average Bonchev–Trinajstić information content (AvgIpc) is 2.85. The highest BCUT2D eigenvalue weighted by Crippen LogP contribution is 2.20. The van der Waals surface area contributed by atoms with Crippen LogP contribution in [0.5, 0.6) is 0 Å². The molecule has 0 saturated carbocycles. The monoisotopic (exact) mass is 340 g/mol. The van der Waals surface area contributed by atoms with Gasteiger partial charge >= 0.3 is 0 Å². The molecule has 6 heteroatoms. The van der Waals surface area contributed by atoms with Gasteiger partial charge in [-0.25, -0.2) is 0 Å². The van der Waals surface area contributed by atoms with Crippen LogP contribution < -0.4 is 10.6 Å². The van der Waals surface area contributed by atoms with E-state index in [1.54, 1.807) is 19.1 Å². The Hall–Kier alpha value is -1.40. The summed E-state index contributed by atoms with van der Waals surface area (Å²) >= 11 is 3.33. The first-order valence-electron chi connectivity index (χ1n) is 6.50. The average molecular weight is 341 g/mol. The third-order valence-electron chi connectivity index (χ3n) is 3.37. The number of aliphatic hydroxyl groups excluding tert-OH is 1. The molecule has 1 aliphatic heterocycles. The van der Waals surface area contributed by atoms with Crippen LogP contribution >= 0.6 is 15.9 Å². The minimum Gasteiger partial charge on any atom is -0.386 e. The number of carbonyl (C=O) groups is 2. The molecule has 1 aromatic rings. The van der Waals surface area contributed by atoms with E-state index in [1.807, 2.05) is 12.1 Å². The predicted molar refractivity (Wildman–Crippen MR) is 77.9 cm³/mol. The molecule has 3 atom stereocenters. The third-order valence-corrected chi connectivity index (χ3v) is 3.90. The molecule has 20 heavy (non-hydrogen) atoms. The summed E-state index contributed by atoms with van der Waals surface area (Å²) < 4.78 is 0.929. The zero-order chi connectivity index (χ0) is 14.7. The number of hydrogen-bond acceptors (Lipinski definition) is 3. The van der Waals surface area contributed by atoms with E-state index in [4.69, 9.17) is 0 Å². The molecule has 1 aromatic carbocycles. The van der Waals surface area contributed by atoms with Crippen molar-refractivity contribution in [2.75, 3.05) is 0 Å². The first-order chi connectivity index (χ1) is 9.47. The molecule has 3 unspecified atom stereocenters. The standard InChI is InChI=1S/C14H17BrN2O3/c1-8(13(19)9-2-4-10(15)5-3-9)16-14(20)11-6-7-12(18)17-11/h2-5,8,11,13,19H,6-7H2,1H3,(H,16,20)(H,17,18). The first kappa shape index (κ1) is 15.0. The minimum atomic E-state index is -0.788. The van der Waals surface area contributed by atoms with Crippen LogP contribution in [0.25, 0.3) is 0 Å². The molecule has 1 heterocycles. The van der Waals surface area contributed by atoms with E-state index in [0.717, 1.165) is 10.0 Å². The summed E-state index contributed by atoms with van der Waals surface area (Å²) in [4.78, 5) is 23.0. The second-order valence-electron chi connectivity index (χ2n) is 4.95. The van der Waals surface area contributed by atoms with Crippen molar-refractivity contribution in [3.8, 4) is 0 Å². The fraction of sp³-hybridized carbons (Fsp3) is 0.429. The maximum Gasteiger partial charge on any atom is 0.242 e. The van der Waals surface area contributed by atoms with Gasteiger partial charge < -0.3 is 15.7 Å². The highest BCUT2D eigenvalue weighted by Gasteiger charge is 2.29. The molecule has 1 aliphatic rings. The number of amides is 2. The molecule has 0 aliphatic carbocycles. The number of nitrogens with one attached hydrogen (secondary N) is 2. The topological polar surface area (TPSA) is 78.4 Å². The van der Waals surface area contributed by atoms with Crippen LogP contribution in [-0.4, -0.2) is 29.0 Å². The van der Waals surface area contributed by atoms with Gasteiger partial charge in [-0.2, -0.15) is 0 Å². The van der Waals surface area contributed by atoms with Crippen LogP contribution in [0.3, 0.4) is 0 Å². The summed E-state index contributed by atoms with van der Waals surface area (Å²) in [5, 5.41) is 15.6. The smallest absolute Gasteiger partial charge is 0.242 e. The maximum atomic E-state index is 11.9. The summed E-state index contributed by atoms with van der Waals surface area (Å²) in [6.07, 6.45) is 0.0946. The van der Waals surface area contributed by atoms with Gasteiger partial charge in [-0.3, -0.25) is 9.59 Å². The summed E-state index contributed by atoms with van der Waals surface area (Å²) in [5.41, 5.74) is 0.733. The number of halogens is 1. The van der Waals surface area contributed by atoms with E-state index in [2.05, 4.69) is 26.6 Å². The highest BCUT2D eigenvalue weighted by molar-refractivity contribution is 9.10. The number of hydrogen-bond donors (Lipinski definition) is 3. The van der Waals surface area contributed by atoms with Gasteiger partial charge in [0.15, 0.2) is 0 Å². The zero-order valence-electron chi connectivity index (χ0n) is 11.1. The predicted octanol–water partition coefficient (Wildman–Crippen LogP) is 1.27. The summed E-state index contributed by atoms with van der Waals surface area (Å²) in [7, 11) is 0. The molecule has 1 saturated heterocycles. The SMILES string of the molecule is CC(NC(=O)C1CCC(=O)N1)C(O)c1ccc(Br)cc1. The lowest BCUT2D eigenvalue weighted by Crippen LogP contribution is -2.46. The van der Waals surface area contributed by atoms with Crippen LogP contribution in [0.2, 0.25) is 0 Å².